The van der Waals surface area contributed by atoms with Gasteiger partial charge in [0.2, 0.25) is 5.91 Å². The molecule has 5 rings (SSSR count). The van der Waals surface area contributed by atoms with Gasteiger partial charge in [-0.15, -0.1) is 0 Å². The summed E-state index contributed by atoms with van der Waals surface area (Å²) >= 11 is 0. The Morgan fingerprint density at radius 3 is 2.47 bits per heavy atom. The number of likely N-dealkylation sites (tertiary alicyclic amines) is 1. The lowest BCUT2D eigenvalue weighted by atomic mass is 9.90. The Morgan fingerprint density at radius 2 is 1.70 bits per heavy atom. The third kappa shape index (κ3) is 3.28. The molecule has 1 aliphatic carbocycles. The van der Waals surface area contributed by atoms with Gasteiger partial charge in [0.25, 0.3) is 5.91 Å². The zero-order valence-corrected chi connectivity index (χ0v) is 16.5. The fourth-order valence-electron chi connectivity index (χ4n) is 4.54. The highest BCUT2D eigenvalue weighted by Gasteiger charge is 2.58. The molecule has 1 saturated carbocycles. The van der Waals surface area contributed by atoms with Crippen LogP contribution >= 0.6 is 0 Å². The first-order valence-electron chi connectivity index (χ1n) is 10.2. The van der Waals surface area contributed by atoms with Gasteiger partial charge in [-0.3, -0.25) is 14.4 Å². The maximum absolute atomic E-state index is 12.9. The number of rotatable bonds is 3. The van der Waals surface area contributed by atoms with E-state index in [1.807, 2.05) is 30.3 Å². The number of hydrogen-bond acceptors (Lipinski definition) is 4. The molecular formula is C24H22N2O4. The molecule has 2 aromatic carbocycles. The van der Waals surface area contributed by atoms with E-state index < -0.39 is 0 Å². The summed E-state index contributed by atoms with van der Waals surface area (Å²) in [6.07, 6.45) is 2.42. The third-order valence-electron chi connectivity index (χ3n) is 6.44. The molecule has 1 saturated heterocycles. The molecule has 6 nitrogen and oxygen atoms in total. The molecule has 30 heavy (non-hydrogen) atoms. The number of piperidine rings is 1. The van der Waals surface area contributed by atoms with Gasteiger partial charge in [-0.2, -0.15) is 0 Å². The van der Waals surface area contributed by atoms with E-state index in [4.69, 9.17) is 4.42 Å². The fourth-order valence-corrected chi connectivity index (χ4v) is 4.54. The number of carbonyl (C=O) groups is 2. The van der Waals surface area contributed by atoms with E-state index in [0.717, 1.165) is 24.9 Å². The molecular weight excluding hydrogens is 380 g/mol. The zero-order chi connectivity index (χ0) is 20.7. The minimum absolute atomic E-state index is 0.00596. The van der Waals surface area contributed by atoms with Crippen molar-refractivity contribution in [3.63, 3.8) is 0 Å². The molecule has 0 unspecified atom stereocenters. The standard InChI is InChI=1S/C24H22N2O4/c27-19-14-21(30-20-9-5-4-8-17(19)20)23(29)26-12-10-24(11-13-26)15-18(24)22(28)25-16-6-2-1-3-7-16/h1-9,14,18H,10-13,15H2,(H,25,28)/t18-/m1/s1. The second kappa shape index (κ2) is 7.13. The molecule has 1 aromatic heterocycles. The molecule has 3 aromatic rings. The summed E-state index contributed by atoms with van der Waals surface area (Å²) in [7, 11) is 0. The first kappa shape index (κ1) is 18.6. The quantitative estimate of drug-likeness (QED) is 0.725. The number of para-hydroxylation sites is 2. The van der Waals surface area contributed by atoms with E-state index in [9.17, 15) is 14.4 Å². The van der Waals surface area contributed by atoms with Crippen LogP contribution in [0, 0.1) is 11.3 Å². The number of fused-ring (bicyclic) bond motifs is 1. The topological polar surface area (TPSA) is 79.6 Å². The lowest BCUT2D eigenvalue weighted by molar-refractivity contribution is -0.118. The molecule has 2 heterocycles. The molecule has 1 aliphatic heterocycles. The first-order chi connectivity index (χ1) is 14.6. The summed E-state index contributed by atoms with van der Waals surface area (Å²) in [6.45, 7) is 1.12. The van der Waals surface area contributed by atoms with Crippen molar-refractivity contribution in [2.24, 2.45) is 11.3 Å². The van der Waals surface area contributed by atoms with Crippen LogP contribution in [0.2, 0.25) is 0 Å². The Hall–Kier alpha value is -3.41. The van der Waals surface area contributed by atoms with Crippen LogP contribution < -0.4 is 10.7 Å². The number of amides is 2. The summed E-state index contributed by atoms with van der Waals surface area (Å²) in [4.78, 5) is 39.5. The van der Waals surface area contributed by atoms with Gasteiger partial charge in [0.15, 0.2) is 11.2 Å². The zero-order valence-electron chi connectivity index (χ0n) is 16.5. The van der Waals surface area contributed by atoms with Crippen LogP contribution in [0.15, 0.2) is 69.9 Å². The summed E-state index contributed by atoms with van der Waals surface area (Å²) in [5, 5.41) is 3.46. The normalized spacial score (nSPS) is 19.6. The van der Waals surface area contributed by atoms with Crippen LogP contribution in [0.5, 0.6) is 0 Å². The molecule has 1 N–H and O–H groups in total. The van der Waals surface area contributed by atoms with Crippen LogP contribution in [-0.2, 0) is 4.79 Å². The van der Waals surface area contributed by atoms with Gasteiger partial charge in [0.05, 0.1) is 5.39 Å². The van der Waals surface area contributed by atoms with Crippen LogP contribution in [0.3, 0.4) is 0 Å². The lowest BCUT2D eigenvalue weighted by Crippen LogP contribution is -2.40. The molecule has 0 bridgehead atoms. The maximum Gasteiger partial charge on any atom is 0.289 e. The second-order valence-electron chi connectivity index (χ2n) is 8.24. The Balaban J connectivity index is 1.24. The van der Waals surface area contributed by atoms with Crippen LogP contribution in [0.25, 0.3) is 11.0 Å². The Bertz CT molecular complexity index is 1180. The van der Waals surface area contributed by atoms with Crippen molar-refractivity contribution in [3.05, 3.63) is 76.6 Å². The predicted octanol–water partition coefficient (Wildman–Crippen LogP) is 3.67. The van der Waals surface area contributed by atoms with Gasteiger partial charge in [-0.25, -0.2) is 0 Å². The largest absolute Gasteiger partial charge is 0.451 e. The Kier molecular flexibility index (Phi) is 4.42. The number of nitrogens with zero attached hydrogens (tertiary/aromatic N) is 1. The molecule has 6 heteroatoms. The molecule has 1 spiro atoms. The average Bonchev–Trinajstić information content (AvgIpc) is 3.48. The van der Waals surface area contributed by atoms with Crippen molar-refractivity contribution >= 4 is 28.5 Å². The number of hydrogen-bond donors (Lipinski definition) is 1. The molecule has 2 aliphatic rings. The Labute approximate surface area is 173 Å². The molecule has 152 valence electrons. The monoisotopic (exact) mass is 402 g/mol. The first-order valence-corrected chi connectivity index (χ1v) is 10.2. The maximum atomic E-state index is 12.9. The van der Waals surface area contributed by atoms with Gasteiger partial charge in [0, 0.05) is 30.8 Å². The molecule has 2 fully saturated rings. The highest BCUT2D eigenvalue weighted by atomic mass is 16.3. The van der Waals surface area contributed by atoms with Gasteiger partial charge in [-0.1, -0.05) is 30.3 Å². The van der Waals surface area contributed by atoms with Gasteiger partial charge >= 0.3 is 0 Å². The van der Waals surface area contributed by atoms with E-state index in [2.05, 4.69) is 5.32 Å². The van der Waals surface area contributed by atoms with Crippen molar-refractivity contribution in [2.45, 2.75) is 19.3 Å². The highest BCUT2D eigenvalue weighted by molar-refractivity contribution is 5.95. The van der Waals surface area contributed by atoms with Gasteiger partial charge in [-0.05, 0) is 48.9 Å². The van der Waals surface area contributed by atoms with Crippen LogP contribution in [0.4, 0.5) is 5.69 Å². The lowest BCUT2D eigenvalue weighted by Gasteiger charge is -2.32. The molecule has 2 amide bonds. The smallest absolute Gasteiger partial charge is 0.289 e. The van der Waals surface area contributed by atoms with E-state index in [1.54, 1.807) is 29.2 Å². The van der Waals surface area contributed by atoms with Gasteiger partial charge in [0.1, 0.15) is 5.58 Å². The second-order valence-corrected chi connectivity index (χ2v) is 8.24. The van der Waals surface area contributed by atoms with E-state index >= 15 is 0 Å². The van der Waals surface area contributed by atoms with Crippen molar-refractivity contribution in [1.29, 1.82) is 0 Å². The fraction of sp³-hybridized carbons (Fsp3) is 0.292. The summed E-state index contributed by atoms with van der Waals surface area (Å²) in [5.74, 6) is -0.141. The van der Waals surface area contributed by atoms with Crippen molar-refractivity contribution in [1.82, 2.24) is 4.90 Å². The van der Waals surface area contributed by atoms with Crippen LogP contribution in [-0.4, -0.2) is 29.8 Å². The number of carbonyl (C=O) groups excluding carboxylic acids is 2. The highest BCUT2D eigenvalue weighted by Crippen LogP contribution is 2.59. The van der Waals surface area contributed by atoms with E-state index in [0.29, 0.717) is 24.1 Å². The van der Waals surface area contributed by atoms with Crippen molar-refractivity contribution < 1.29 is 14.0 Å². The number of nitrogens with one attached hydrogen (secondary N) is 1. The molecule has 1 atom stereocenters. The minimum Gasteiger partial charge on any atom is -0.451 e. The average molecular weight is 402 g/mol. The van der Waals surface area contributed by atoms with Gasteiger partial charge < -0.3 is 14.6 Å². The van der Waals surface area contributed by atoms with Crippen molar-refractivity contribution in [2.75, 3.05) is 18.4 Å². The molecule has 0 radical (unpaired) electrons. The Morgan fingerprint density at radius 1 is 1.00 bits per heavy atom. The van der Waals surface area contributed by atoms with E-state index in [1.165, 1.54) is 6.07 Å². The number of benzene rings is 2. The SMILES string of the molecule is O=C(Nc1ccccc1)[C@H]1CC12CCN(C(=O)c1cc(=O)c3ccccc3o1)CC2. The summed E-state index contributed by atoms with van der Waals surface area (Å²) in [5.41, 5.74) is 0.999. The summed E-state index contributed by atoms with van der Waals surface area (Å²) < 4.78 is 5.70. The third-order valence-corrected chi connectivity index (χ3v) is 6.44. The predicted molar refractivity (Wildman–Crippen MR) is 113 cm³/mol. The van der Waals surface area contributed by atoms with Crippen LogP contribution in [0.1, 0.15) is 29.8 Å². The number of anilines is 1. The summed E-state index contributed by atoms with van der Waals surface area (Å²) in [6, 6.07) is 17.7. The van der Waals surface area contributed by atoms with E-state index in [-0.39, 0.29) is 34.3 Å². The van der Waals surface area contributed by atoms with Crippen molar-refractivity contribution in [3.8, 4) is 0 Å². The minimum atomic E-state index is -0.265.